The first-order chi connectivity index (χ1) is 15.5. The Morgan fingerprint density at radius 2 is 1.84 bits per heavy atom. The maximum atomic E-state index is 13.7. The Hall–Kier alpha value is -2.08. The van der Waals surface area contributed by atoms with Gasteiger partial charge < -0.3 is 20.3 Å². The molecule has 6 nitrogen and oxygen atoms in total. The van der Waals surface area contributed by atoms with Gasteiger partial charge >= 0.3 is 0 Å². The summed E-state index contributed by atoms with van der Waals surface area (Å²) in [6.45, 7) is 8.42. The predicted molar refractivity (Wildman–Crippen MR) is 126 cm³/mol. The Morgan fingerprint density at radius 3 is 2.56 bits per heavy atom. The number of likely N-dealkylation sites (tertiary alicyclic amines) is 1. The van der Waals surface area contributed by atoms with Crippen molar-refractivity contribution in [1.82, 2.24) is 15.5 Å². The minimum absolute atomic E-state index is 0.0918. The molecule has 176 valence electrons. The molecule has 0 unspecified atom stereocenters. The highest BCUT2D eigenvalue weighted by atomic mass is 16.5. The zero-order valence-corrected chi connectivity index (χ0v) is 19.7. The minimum atomic E-state index is -0.306. The van der Waals surface area contributed by atoms with Crippen molar-refractivity contribution in [3.63, 3.8) is 0 Å². The molecule has 1 aromatic rings. The fourth-order valence-corrected chi connectivity index (χ4v) is 4.99. The minimum Gasteiger partial charge on any atom is -0.491 e. The van der Waals surface area contributed by atoms with Gasteiger partial charge in [0.2, 0.25) is 5.91 Å². The van der Waals surface area contributed by atoms with Gasteiger partial charge in [0.25, 0.3) is 5.91 Å². The summed E-state index contributed by atoms with van der Waals surface area (Å²) in [7, 11) is 0. The van der Waals surface area contributed by atoms with Crippen LogP contribution in [-0.4, -0.2) is 55.5 Å². The van der Waals surface area contributed by atoms with E-state index in [1.807, 2.05) is 18.2 Å². The molecule has 1 aliphatic carbocycles. The van der Waals surface area contributed by atoms with E-state index in [2.05, 4.69) is 29.4 Å². The molecule has 1 aromatic carbocycles. The first-order valence-electron chi connectivity index (χ1n) is 12.5. The molecule has 1 spiro atoms. The Balaban J connectivity index is 1.49. The molecule has 1 saturated heterocycles. The molecule has 4 rings (SSSR count). The van der Waals surface area contributed by atoms with Crippen molar-refractivity contribution in [2.75, 3.05) is 32.8 Å². The summed E-state index contributed by atoms with van der Waals surface area (Å²) < 4.78 is 6.08. The van der Waals surface area contributed by atoms with Crippen molar-refractivity contribution in [3.05, 3.63) is 29.8 Å². The number of para-hydroxylation sites is 1. The molecule has 1 saturated carbocycles. The number of carbonyl (C=O) groups is 2. The number of piperidine rings is 1. The zero-order chi connectivity index (χ0) is 22.6. The van der Waals surface area contributed by atoms with Crippen LogP contribution in [-0.2, 0) is 4.79 Å². The van der Waals surface area contributed by atoms with E-state index >= 15 is 0 Å². The van der Waals surface area contributed by atoms with Gasteiger partial charge in [0.1, 0.15) is 12.4 Å². The maximum Gasteiger partial charge on any atom is 0.255 e. The predicted octanol–water partition coefficient (Wildman–Crippen LogP) is 3.61. The monoisotopic (exact) mass is 441 g/mol. The summed E-state index contributed by atoms with van der Waals surface area (Å²) in [4.78, 5) is 28.9. The van der Waals surface area contributed by atoms with Crippen LogP contribution in [0.25, 0.3) is 0 Å². The molecule has 1 atom stereocenters. The van der Waals surface area contributed by atoms with Crippen LogP contribution in [0.1, 0.15) is 69.2 Å². The van der Waals surface area contributed by atoms with Crippen LogP contribution in [0.4, 0.5) is 0 Å². The molecule has 2 fully saturated rings. The van der Waals surface area contributed by atoms with Gasteiger partial charge in [0.05, 0.1) is 17.0 Å². The number of amides is 2. The smallest absolute Gasteiger partial charge is 0.255 e. The van der Waals surface area contributed by atoms with Crippen molar-refractivity contribution in [3.8, 4) is 5.75 Å². The first kappa shape index (κ1) is 23.1. The Bertz CT molecular complexity index is 797. The summed E-state index contributed by atoms with van der Waals surface area (Å²) in [6, 6.07) is 7.26. The summed E-state index contributed by atoms with van der Waals surface area (Å²) in [5.74, 6) is 1.80. The Morgan fingerprint density at radius 1 is 1.09 bits per heavy atom. The van der Waals surface area contributed by atoms with E-state index in [1.165, 1.54) is 19.4 Å². The number of nitrogens with one attached hydrogen (secondary N) is 2. The van der Waals surface area contributed by atoms with Crippen LogP contribution in [0.5, 0.6) is 5.75 Å². The molecule has 0 radical (unpaired) electrons. The van der Waals surface area contributed by atoms with Crippen molar-refractivity contribution >= 4 is 11.8 Å². The zero-order valence-electron chi connectivity index (χ0n) is 19.7. The van der Waals surface area contributed by atoms with Crippen molar-refractivity contribution in [1.29, 1.82) is 0 Å². The fraction of sp³-hybridized carbons (Fsp3) is 0.692. The van der Waals surface area contributed by atoms with Gasteiger partial charge in [-0.2, -0.15) is 0 Å². The lowest BCUT2D eigenvalue weighted by atomic mass is 9.73. The fourth-order valence-electron chi connectivity index (χ4n) is 4.99. The van der Waals surface area contributed by atoms with Gasteiger partial charge in [-0.15, -0.1) is 0 Å². The van der Waals surface area contributed by atoms with E-state index in [-0.39, 0.29) is 29.2 Å². The lowest BCUT2D eigenvalue weighted by Crippen LogP contribution is -2.53. The number of rotatable bonds is 3. The Labute approximate surface area is 192 Å². The van der Waals surface area contributed by atoms with Crippen LogP contribution in [0, 0.1) is 17.3 Å². The molecular weight excluding hydrogens is 402 g/mol. The normalized spacial score (nSPS) is 25.4. The standard InChI is InChI=1S/C26H39N3O3/c1-19(2)22-18-32-23-8-4-3-7-21(23)24(30)27-14-6-5-11-26(25(31)28-22)12-15-29(16-13-26)17-20-9-10-20/h3-4,7-8,19-20,22H,5-6,9-18H2,1-2H3,(H,27,30)(H,28,31)/t22-/m1/s1. The third-order valence-electron chi connectivity index (χ3n) is 7.55. The second-order valence-corrected chi connectivity index (χ2v) is 10.4. The van der Waals surface area contributed by atoms with E-state index in [1.54, 1.807) is 6.07 Å². The van der Waals surface area contributed by atoms with Gasteiger partial charge in [-0.25, -0.2) is 0 Å². The molecule has 0 bridgehead atoms. The van der Waals surface area contributed by atoms with E-state index in [0.717, 1.165) is 51.1 Å². The van der Waals surface area contributed by atoms with E-state index in [4.69, 9.17) is 4.74 Å². The molecule has 2 amide bonds. The van der Waals surface area contributed by atoms with Crippen LogP contribution in [0.15, 0.2) is 24.3 Å². The number of carbonyl (C=O) groups excluding carboxylic acids is 2. The van der Waals surface area contributed by atoms with Gasteiger partial charge in [0.15, 0.2) is 0 Å². The number of benzene rings is 1. The lowest BCUT2D eigenvalue weighted by molar-refractivity contribution is -0.136. The molecule has 32 heavy (non-hydrogen) atoms. The van der Waals surface area contributed by atoms with Gasteiger partial charge in [-0.3, -0.25) is 9.59 Å². The van der Waals surface area contributed by atoms with E-state index in [9.17, 15) is 9.59 Å². The lowest BCUT2D eigenvalue weighted by Gasteiger charge is -2.42. The van der Waals surface area contributed by atoms with Gasteiger partial charge in [-0.1, -0.05) is 32.4 Å². The number of hydrogen-bond acceptors (Lipinski definition) is 4. The van der Waals surface area contributed by atoms with E-state index < -0.39 is 0 Å². The van der Waals surface area contributed by atoms with Crippen LogP contribution < -0.4 is 15.4 Å². The summed E-state index contributed by atoms with van der Waals surface area (Å²) >= 11 is 0. The number of fused-ring (bicyclic) bond motifs is 1. The first-order valence-corrected chi connectivity index (χ1v) is 12.5. The molecular formula is C26H39N3O3. The Kier molecular flexibility index (Phi) is 7.39. The van der Waals surface area contributed by atoms with E-state index in [0.29, 0.717) is 24.5 Å². The van der Waals surface area contributed by atoms with Crippen molar-refractivity contribution in [2.24, 2.45) is 17.3 Å². The molecule has 0 aromatic heterocycles. The third kappa shape index (κ3) is 5.64. The highest BCUT2D eigenvalue weighted by Gasteiger charge is 2.42. The average molecular weight is 442 g/mol. The molecule has 2 aliphatic heterocycles. The average Bonchev–Trinajstić information content (AvgIpc) is 3.61. The molecule has 6 heteroatoms. The second-order valence-electron chi connectivity index (χ2n) is 10.4. The van der Waals surface area contributed by atoms with Gasteiger partial charge in [-0.05, 0) is 75.6 Å². The number of ether oxygens (including phenoxy) is 1. The third-order valence-corrected chi connectivity index (χ3v) is 7.55. The van der Waals surface area contributed by atoms with Crippen LogP contribution in [0.3, 0.4) is 0 Å². The van der Waals surface area contributed by atoms with Crippen molar-refractivity contribution in [2.45, 2.75) is 64.8 Å². The molecule has 2 heterocycles. The van der Waals surface area contributed by atoms with Crippen molar-refractivity contribution < 1.29 is 14.3 Å². The topological polar surface area (TPSA) is 70.7 Å². The summed E-state index contributed by atoms with van der Waals surface area (Å²) in [6.07, 6.45) is 7.29. The quantitative estimate of drug-likeness (QED) is 0.752. The highest BCUT2D eigenvalue weighted by Crippen LogP contribution is 2.39. The number of nitrogens with zero attached hydrogens (tertiary/aromatic N) is 1. The maximum absolute atomic E-state index is 13.7. The van der Waals surface area contributed by atoms with Gasteiger partial charge in [0, 0.05) is 13.1 Å². The number of hydrogen-bond donors (Lipinski definition) is 2. The second kappa shape index (κ2) is 10.2. The highest BCUT2D eigenvalue weighted by molar-refractivity contribution is 5.96. The summed E-state index contributed by atoms with van der Waals surface area (Å²) in [5, 5.41) is 6.39. The SMILES string of the molecule is CC(C)[C@H]1COc2ccccc2C(=O)NCCCCC2(CCN(CC3CC3)CC2)C(=O)N1. The molecule has 2 N–H and O–H groups in total. The largest absolute Gasteiger partial charge is 0.491 e. The molecule has 3 aliphatic rings. The van der Waals surface area contributed by atoms with Crippen LogP contribution >= 0.6 is 0 Å². The van der Waals surface area contributed by atoms with Crippen LogP contribution in [0.2, 0.25) is 0 Å². The summed E-state index contributed by atoms with van der Waals surface area (Å²) in [5.41, 5.74) is 0.247.